The van der Waals surface area contributed by atoms with E-state index in [1.807, 2.05) is 59.5 Å². The van der Waals surface area contributed by atoms with Crippen molar-refractivity contribution in [2.24, 2.45) is 4.99 Å². The van der Waals surface area contributed by atoms with Gasteiger partial charge in [-0.1, -0.05) is 42.5 Å². The molecule has 1 aliphatic rings. The number of nitrogens with one attached hydrogen (secondary N) is 2. The minimum atomic E-state index is 0. The number of benzene rings is 2. The molecule has 3 N–H and O–H groups in total. The summed E-state index contributed by atoms with van der Waals surface area (Å²) in [4.78, 5) is 18.8. The Balaban J connectivity index is 0.00000341. The summed E-state index contributed by atoms with van der Waals surface area (Å²) in [6.07, 6.45) is 3.41. The number of aliphatic hydroxyl groups is 1. The fourth-order valence-corrected chi connectivity index (χ4v) is 3.68. The van der Waals surface area contributed by atoms with Crippen LogP contribution in [0.15, 0.2) is 59.6 Å². The number of nitrogens with zero attached hydrogens (tertiary/aromatic N) is 2. The molecule has 1 atom stereocenters. The summed E-state index contributed by atoms with van der Waals surface area (Å²) in [6, 6.07) is 17.7. The van der Waals surface area contributed by atoms with Gasteiger partial charge in [-0.25, -0.2) is 0 Å². The Hall–Kier alpha value is -2.13. The van der Waals surface area contributed by atoms with Crippen LogP contribution in [0.2, 0.25) is 0 Å². The topological polar surface area (TPSA) is 77.0 Å². The SMILES string of the molecule is CN=C(NCc1ccc(C(=O)N2CCCCC2)cc1)NCC(CO)c1ccccc1.I. The summed E-state index contributed by atoms with van der Waals surface area (Å²) < 4.78 is 0. The lowest BCUT2D eigenvalue weighted by molar-refractivity contribution is 0.0724. The molecule has 6 nitrogen and oxygen atoms in total. The van der Waals surface area contributed by atoms with E-state index in [2.05, 4.69) is 15.6 Å². The van der Waals surface area contributed by atoms with Gasteiger partial charge < -0.3 is 20.6 Å². The molecule has 2 aromatic carbocycles. The van der Waals surface area contributed by atoms with Gasteiger partial charge in [-0.2, -0.15) is 0 Å². The van der Waals surface area contributed by atoms with Gasteiger partial charge in [-0.15, -0.1) is 24.0 Å². The molecule has 0 spiro atoms. The molecule has 1 saturated heterocycles. The number of carbonyl (C=O) groups excluding carboxylic acids is 1. The third-order valence-corrected chi connectivity index (χ3v) is 5.53. The molecule has 2 aromatic rings. The van der Waals surface area contributed by atoms with Crippen LogP contribution >= 0.6 is 24.0 Å². The van der Waals surface area contributed by atoms with Gasteiger partial charge in [-0.3, -0.25) is 9.79 Å². The van der Waals surface area contributed by atoms with Crippen molar-refractivity contribution in [3.05, 3.63) is 71.3 Å². The highest BCUT2D eigenvalue weighted by Crippen LogP contribution is 2.15. The molecule has 31 heavy (non-hydrogen) atoms. The molecule has 0 saturated carbocycles. The number of piperidine rings is 1. The van der Waals surface area contributed by atoms with E-state index in [1.54, 1.807) is 7.05 Å². The Bertz CT molecular complexity index is 821. The Morgan fingerprint density at radius 2 is 1.71 bits per heavy atom. The molecule has 1 unspecified atom stereocenters. The first-order valence-corrected chi connectivity index (χ1v) is 10.7. The second-order valence-electron chi connectivity index (χ2n) is 7.65. The first-order valence-electron chi connectivity index (χ1n) is 10.7. The third kappa shape index (κ3) is 7.50. The van der Waals surface area contributed by atoms with Gasteiger partial charge in [0, 0.05) is 44.7 Å². The molecule has 0 aliphatic carbocycles. The molecule has 1 amide bonds. The van der Waals surface area contributed by atoms with E-state index in [0.717, 1.165) is 42.6 Å². The van der Waals surface area contributed by atoms with Crippen molar-refractivity contribution in [2.45, 2.75) is 31.7 Å². The van der Waals surface area contributed by atoms with E-state index < -0.39 is 0 Å². The first kappa shape index (κ1) is 25.1. The molecule has 1 fully saturated rings. The number of carbonyl (C=O) groups is 1. The van der Waals surface area contributed by atoms with Crippen LogP contribution in [0, 0.1) is 0 Å². The Morgan fingerprint density at radius 3 is 2.32 bits per heavy atom. The summed E-state index contributed by atoms with van der Waals surface area (Å²) in [7, 11) is 1.73. The minimum absolute atomic E-state index is 0. The molecule has 1 heterocycles. The van der Waals surface area contributed by atoms with E-state index >= 15 is 0 Å². The van der Waals surface area contributed by atoms with Crippen molar-refractivity contribution in [1.29, 1.82) is 0 Å². The van der Waals surface area contributed by atoms with Gasteiger partial charge in [0.2, 0.25) is 0 Å². The number of hydrogen-bond donors (Lipinski definition) is 3. The normalized spacial score (nSPS) is 15.0. The summed E-state index contributed by atoms with van der Waals surface area (Å²) in [5.41, 5.74) is 2.92. The highest BCUT2D eigenvalue weighted by atomic mass is 127. The maximum absolute atomic E-state index is 12.6. The molecular formula is C24H33IN4O2. The van der Waals surface area contributed by atoms with Crippen molar-refractivity contribution in [3.8, 4) is 0 Å². The van der Waals surface area contributed by atoms with Crippen molar-refractivity contribution in [3.63, 3.8) is 0 Å². The van der Waals surface area contributed by atoms with Gasteiger partial charge in [0.05, 0.1) is 6.61 Å². The second kappa shape index (κ2) is 13.3. The fourth-order valence-electron chi connectivity index (χ4n) is 3.68. The largest absolute Gasteiger partial charge is 0.396 e. The molecule has 1 aliphatic heterocycles. The van der Waals surface area contributed by atoms with Gasteiger partial charge in [-0.05, 0) is 42.5 Å². The predicted molar refractivity (Wildman–Crippen MR) is 136 cm³/mol. The van der Waals surface area contributed by atoms with E-state index in [4.69, 9.17) is 0 Å². The zero-order valence-electron chi connectivity index (χ0n) is 18.1. The summed E-state index contributed by atoms with van der Waals surface area (Å²) in [6.45, 7) is 2.99. The average molecular weight is 536 g/mol. The van der Waals surface area contributed by atoms with Crippen LogP contribution < -0.4 is 10.6 Å². The van der Waals surface area contributed by atoms with Gasteiger partial charge in [0.25, 0.3) is 5.91 Å². The van der Waals surface area contributed by atoms with Crippen molar-refractivity contribution in [2.75, 3.05) is 33.3 Å². The minimum Gasteiger partial charge on any atom is -0.396 e. The Kier molecular flexibility index (Phi) is 10.8. The number of rotatable bonds is 7. The maximum Gasteiger partial charge on any atom is 0.253 e. The van der Waals surface area contributed by atoms with Crippen molar-refractivity contribution >= 4 is 35.8 Å². The summed E-state index contributed by atoms with van der Waals surface area (Å²) in [5.74, 6) is 0.810. The molecule has 168 valence electrons. The lowest BCUT2D eigenvalue weighted by Crippen LogP contribution is -2.39. The highest BCUT2D eigenvalue weighted by molar-refractivity contribution is 14.0. The van der Waals surface area contributed by atoms with Crippen LogP contribution in [0.5, 0.6) is 0 Å². The molecule has 7 heteroatoms. The number of guanidine groups is 1. The van der Waals surface area contributed by atoms with E-state index in [-0.39, 0.29) is 42.4 Å². The van der Waals surface area contributed by atoms with Gasteiger partial charge >= 0.3 is 0 Å². The standard InChI is InChI=1S/C24H32N4O2.HI/c1-25-24(27-17-22(18-29)20-8-4-2-5-9-20)26-16-19-10-12-21(13-11-19)23(30)28-14-6-3-7-15-28;/h2,4-5,8-13,22,29H,3,6-7,14-18H2,1H3,(H2,25,26,27);1H. The Morgan fingerprint density at radius 1 is 1.03 bits per heavy atom. The first-order chi connectivity index (χ1) is 14.7. The van der Waals surface area contributed by atoms with Crippen LogP contribution in [0.3, 0.4) is 0 Å². The van der Waals surface area contributed by atoms with Gasteiger partial charge in [0.15, 0.2) is 5.96 Å². The molecule has 0 radical (unpaired) electrons. The van der Waals surface area contributed by atoms with E-state index in [0.29, 0.717) is 19.0 Å². The Labute approximate surface area is 202 Å². The van der Waals surface area contributed by atoms with Crippen LogP contribution in [0.1, 0.15) is 46.7 Å². The fraction of sp³-hybridized carbons (Fsp3) is 0.417. The molecule has 0 aromatic heterocycles. The number of halogens is 1. The van der Waals surface area contributed by atoms with Crippen molar-refractivity contribution in [1.82, 2.24) is 15.5 Å². The quantitative estimate of drug-likeness (QED) is 0.288. The van der Waals surface area contributed by atoms with Crippen LogP contribution in [-0.2, 0) is 6.54 Å². The van der Waals surface area contributed by atoms with E-state index in [9.17, 15) is 9.90 Å². The number of aliphatic hydroxyl groups excluding tert-OH is 1. The molecule has 3 rings (SSSR count). The van der Waals surface area contributed by atoms with Gasteiger partial charge in [0.1, 0.15) is 0 Å². The van der Waals surface area contributed by atoms with E-state index in [1.165, 1.54) is 6.42 Å². The number of amides is 1. The smallest absolute Gasteiger partial charge is 0.253 e. The lowest BCUT2D eigenvalue weighted by Gasteiger charge is -2.26. The monoisotopic (exact) mass is 536 g/mol. The number of aliphatic imine (C=N–C) groups is 1. The zero-order chi connectivity index (χ0) is 21.2. The van der Waals surface area contributed by atoms with Crippen LogP contribution in [0.4, 0.5) is 0 Å². The predicted octanol–water partition coefficient (Wildman–Crippen LogP) is 3.37. The lowest BCUT2D eigenvalue weighted by atomic mass is 10.0. The maximum atomic E-state index is 12.6. The second-order valence-corrected chi connectivity index (χ2v) is 7.65. The van der Waals surface area contributed by atoms with Crippen molar-refractivity contribution < 1.29 is 9.90 Å². The molecular weight excluding hydrogens is 503 g/mol. The number of likely N-dealkylation sites (tertiary alicyclic amines) is 1. The summed E-state index contributed by atoms with van der Waals surface area (Å²) >= 11 is 0. The average Bonchev–Trinajstić information content (AvgIpc) is 2.82. The van der Waals surface area contributed by atoms with Crippen LogP contribution in [-0.4, -0.2) is 55.2 Å². The highest BCUT2D eigenvalue weighted by Gasteiger charge is 2.18. The number of hydrogen-bond acceptors (Lipinski definition) is 3. The molecule has 0 bridgehead atoms. The zero-order valence-corrected chi connectivity index (χ0v) is 20.4. The van der Waals surface area contributed by atoms with Crippen LogP contribution in [0.25, 0.3) is 0 Å². The third-order valence-electron chi connectivity index (χ3n) is 5.53. The summed E-state index contributed by atoms with van der Waals surface area (Å²) in [5, 5.41) is 16.3.